The van der Waals surface area contributed by atoms with Gasteiger partial charge < -0.3 is 4.52 Å². The highest BCUT2D eigenvalue weighted by Gasteiger charge is 2.27. The Bertz CT molecular complexity index is 1340. The highest BCUT2D eigenvalue weighted by Crippen LogP contribution is 2.24. The van der Waals surface area contributed by atoms with E-state index in [2.05, 4.69) is 14.6 Å². The van der Waals surface area contributed by atoms with Crippen LogP contribution < -0.4 is 9.44 Å². The molecule has 3 aromatic rings. The average molecular weight is 499 g/mol. The zero-order valence-electron chi connectivity index (χ0n) is 17.3. The number of nitrogens with zero attached hydrogens (tertiary/aromatic N) is 2. The Morgan fingerprint density at radius 2 is 1.88 bits per heavy atom. The molecule has 1 aromatic heterocycles. The van der Waals surface area contributed by atoms with Gasteiger partial charge in [-0.1, -0.05) is 29.7 Å². The molecule has 0 unspecified atom stereocenters. The zero-order valence-corrected chi connectivity index (χ0v) is 19.7. The lowest BCUT2D eigenvalue weighted by molar-refractivity contribution is 0.380. The summed E-state index contributed by atoms with van der Waals surface area (Å²) in [5, 5.41) is 4.97. The molecule has 0 saturated carbocycles. The fraction of sp³-hybridized carbons (Fsp3) is 0.350. The minimum Gasteiger partial charge on any atom is -0.364 e. The first kappa shape index (κ1) is 23.1. The highest BCUT2D eigenvalue weighted by atomic mass is 35.5. The predicted molar refractivity (Wildman–Crippen MR) is 121 cm³/mol. The SMILES string of the molecule is C[C@@H](CNS(=O)(=O)c1ccc2nocc2c1)CNS(=O)(=O)N1CCc2cc(Cl)ccc2C1. The number of hydrogen-bond acceptors (Lipinski definition) is 6. The molecule has 2 N–H and O–H groups in total. The number of sulfonamides is 1. The van der Waals surface area contributed by atoms with E-state index < -0.39 is 20.2 Å². The van der Waals surface area contributed by atoms with Gasteiger partial charge in [0.25, 0.3) is 10.2 Å². The largest absolute Gasteiger partial charge is 0.364 e. The number of nitrogens with one attached hydrogen (secondary N) is 2. The first-order valence-electron chi connectivity index (χ1n) is 10.00. The van der Waals surface area contributed by atoms with Crippen molar-refractivity contribution in [1.82, 2.24) is 18.9 Å². The Morgan fingerprint density at radius 3 is 2.69 bits per heavy atom. The molecule has 9 nitrogen and oxygen atoms in total. The Balaban J connectivity index is 1.32. The molecule has 0 aliphatic carbocycles. The normalized spacial score (nSPS) is 16.2. The van der Waals surface area contributed by atoms with Crippen LogP contribution in [0.1, 0.15) is 18.1 Å². The van der Waals surface area contributed by atoms with Gasteiger partial charge in [-0.3, -0.25) is 0 Å². The average Bonchev–Trinajstić information content (AvgIpc) is 3.24. The topological polar surface area (TPSA) is 122 Å². The molecule has 172 valence electrons. The number of rotatable bonds is 8. The van der Waals surface area contributed by atoms with E-state index in [1.165, 1.54) is 22.7 Å². The minimum absolute atomic E-state index is 0.0772. The molecule has 2 heterocycles. The third-order valence-corrected chi connectivity index (χ3v) is 8.54. The van der Waals surface area contributed by atoms with Gasteiger partial charge in [-0.05, 0) is 53.8 Å². The maximum atomic E-state index is 12.7. The summed E-state index contributed by atoms with van der Waals surface area (Å²) in [7, 11) is -7.45. The molecule has 4 rings (SSSR count). The Kier molecular flexibility index (Phi) is 6.57. The van der Waals surface area contributed by atoms with Crippen molar-refractivity contribution < 1.29 is 21.4 Å². The quantitative estimate of drug-likeness (QED) is 0.491. The Morgan fingerprint density at radius 1 is 1.09 bits per heavy atom. The molecule has 0 saturated heterocycles. The monoisotopic (exact) mass is 498 g/mol. The van der Waals surface area contributed by atoms with Crippen molar-refractivity contribution in [2.45, 2.75) is 24.8 Å². The number of fused-ring (bicyclic) bond motifs is 2. The standard InChI is InChI=1S/C20H23ClN4O5S2/c1-14(10-22-31(26,27)19-4-5-20-17(9-19)13-30-24-20)11-23-32(28,29)25-7-6-15-8-18(21)3-2-16(15)12-25/h2-5,8-9,13-14,22-23H,6-7,10-12H2,1H3/t14-/m0/s1. The van der Waals surface area contributed by atoms with E-state index in [0.29, 0.717) is 28.9 Å². The van der Waals surface area contributed by atoms with E-state index in [4.69, 9.17) is 16.1 Å². The van der Waals surface area contributed by atoms with Gasteiger partial charge in [-0.15, -0.1) is 0 Å². The van der Waals surface area contributed by atoms with E-state index in [0.717, 1.165) is 11.1 Å². The summed E-state index contributed by atoms with van der Waals surface area (Å²) in [5.74, 6) is -0.269. The number of aromatic nitrogens is 1. The summed E-state index contributed by atoms with van der Waals surface area (Å²) in [6, 6.07) is 9.94. The van der Waals surface area contributed by atoms with Crippen molar-refractivity contribution in [1.29, 1.82) is 0 Å². The maximum Gasteiger partial charge on any atom is 0.279 e. The van der Waals surface area contributed by atoms with Crippen molar-refractivity contribution in [2.75, 3.05) is 19.6 Å². The van der Waals surface area contributed by atoms with Crippen molar-refractivity contribution in [3.05, 3.63) is 58.8 Å². The van der Waals surface area contributed by atoms with Gasteiger partial charge in [-0.25, -0.2) is 17.9 Å². The summed E-state index contributed by atoms with van der Waals surface area (Å²) < 4.78 is 61.9. The summed E-state index contributed by atoms with van der Waals surface area (Å²) in [5.41, 5.74) is 2.54. The van der Waals surface area contributed by atoms with E-state index in [-0.39, 0.29) is 30.4 Å². The summed E-state index contributed by atoms with van der Waals surface area (Å²) in [6.45, 7) is 2.57. The van der Waals surface area contributed by atoms with Gasteiger partial charge in [0, 0.05) is 36.6 Å². The molecule has 2 aromatic carbocycles. The fourth-order valence-corrected chi connectivity index (χ4v) is 6.18. The molecule has 0 spiro atoms. The number of benzene rings is 2. The minimum atomic E-state index is -3.75. The van der Waals surface area contributed by atoms with Gasteiger partial charge in [0.2, 0.25) is 10.0 Å². The van der Waals surface area contributed by atoms with Gasteiger partial charge in [0.05, 0.1) is 4.90 Å². The molecular weight excluding hydrogens is 476 g/mol. The Hall–Kier alpha value is -2.02. The molecule has 1 aliphatic rings. The van der Waals surface area contributed by atoms with E-state index in [9.17, 15) is 16.8 Å². The van der Waals surface area contributed by atoms with E-state index in [1.807, 2.05) is 12.1 Å². The molecule has 1 aliphatic heterocycles. The van der Waals surface area contributed by atoms with Crippen LogP contribution in [0.3, 0.4) is 0 Å². The third kappa shape index (κ3) is 5.13. The van der Waals surface area contributed by atoms with Crippen LogP contribution in [0, 0.1) is 5.92 Å². The van der Waals surface area contributed by atoms with Gasteiger partial charge >= 0.3 is 0 Å². The molecule has 0 amide bonds. The number of halogens is 1. The van der Waals surface area contributed by atoms with Crippen molar-refractivity contribution in [2.24, 2.45) is 5.92 Å². The summed E-state index contributed by atoms with van der Waals surface area (Å²) >= 11 is 6.01. The van der Waals surface area contributed by atoms with Crippen LogP contribution in [-0.4, -0.2) is 45.9 Å². The fourth-order valence-electron chi connectivity index (χ4n) is 3.46. The molecule has 0 fully saturated rings. The van der Waals surface area contributed by atoms with Crippen LogP contribution >= 0.6 is 11.6 Å². The van der Waals surface area contributed by atoms with Crippen molar-refractivity contribution in [3.8, 4) is 0 Å². The van der Waals surface area contributed by atoms with Gasteiger partial charge in [0.15, 0.2) is 0 Å². The second-order valence-electron chi connectivity index (χ2n) is 7.84. The van der Waals surface area contributed by atoms with Crippen LogP contribution in [0.15, 0.2) is 52.1 Å². The lowest BCUT2D eigenvalue weighted by Crippen LogP contribution is -2.45. The molecular formula is C20H23ClN4O5S2. The molecule has 0 radical (unpaired) electrons. The molecule has 1 atom stereocenters. The Labute approximate surface area is 192 Å². The zero-order chi connectivity index (χ0) is 22.9. The maximum absolute atomic E-state index is 12.7. The van der Waals surface area contributed by atoms with E-state index >= 15 is 0 Å². The lowest BCUT2D eigenvalue weighted by atomic mass is 10.0. The second-order valence-corrected chi connectivity index (χ2v) is 11.8. The summed E-state index contributed by atoms with van der Waals surface area (Å²) in [6.07, 6.45) is 1.96. The third-order valence-electron chi connectivity index (χ3n) is 5.36. The van der Waals surface area contributed by atoms with E-state index in [1.54, 1.807) is 19.1 Å². The first-order valence-corrected chi connectivity index (χ1v) is 13.3. The molecule has 32 heavy (non-hydrogen) atoms. The van der Waals surface area contributed by atoms with Crippen molar-refractivity contribution in [3.63, 3.8) is 0 Å². The molecule has 0 bridgehead atoms. The predicted octanol–water partition coefficient (Wildman–Crippen LogP) is 2.29. The van der Waals surface area contributed by atoms with Crippen LogP contribution in [-0.2, 0) is 33.2 Å². The van der Waals surface area contributed by atoms with Crippen LogP contribution in [0.5, 0.6) is 0 Å². The van der Waals surface area contributed by atoms with Crippen LogP contribution in [0.25, 0.3) is 10.9 Å². The molecule has 12 heteroatoms. The van der Waals surface area contributed by atoms with Crippen LogP contribution in [0.4, 0.5) is 0 Å². The van der Waals surface area contributed by atoms with Gasteiger partial charge in [0.1, 0.15) is 11.8 Å². The van der Waals surface area contributed by atoms with Gasteiger partial charge in [-0.2, -0.15) is 12.7 Å². The number of hydrogen-bond donors (Lipinski definition) is 2. The smallest absolute Gasteiger partial charge is 0.279 e. The second kappa shape index (κ2) is 9.08. The first-order chi connectivity index (χ1) is 15.1. The summed E-state index contributed by atoms with van der Waals surface area (Å²) in [4.78, 5) is 0.0908. The highest BCUT2D eigenvalue weighted by molar-refractivity contribution is 7.89. The lowest BCUT2D eigenvalue weighted by Gasteiger charge is -2.28. The van der Waals surface area contributed by atoms with Crippen LogP contribution in [0.2, 0.25) is 5.02 Å². The van der Waals surface area contributed by atoms with Crippen molar-refractivity contribution >= 4 is 42.7 Å².